The highest BCUT2D eigenvalue weighted by Crippen LogP contribution is 2.43. The molecule has 14 atom stereocenters. The van der Waals surface area contributed by atoms with Crippen LogP contribution in [-0.4, -0.2) is 138 Å². The van der Waals surface area contributed by atoms with Gasteiger partial charge in [0.2, 0.25) is 5.78 Å². The van der Waals surface area contributed by atoms with Crippen LogP contribution in [0.2, 0.25) is 36.3 Å². The van der Waals surface area contributed by atoms with E-state index in [1.54, 1.807) is 28.3 Å². The van der Waals surface area contributed by atoms with Crippen LogP contribution in [0.1, 0.15) is 154 Å². The molecule has 4 rings (SSSR count). The molecule has 2 bridgehead atoms. The number of hydrogen-bond donors (Lipinski definition) is 1. The second kappa shape index (κ2) is 24.5. The molecule has 2 saturated heterocycles. The second-order valence-electron chi connectivity index (χ2n) is 24.9. The molecule has 0 aromatic rings. The van der Waals surface area contributed by atoms with Crippen LogP contribution in [0.25, 0.3) is 0 Å². The summed E-state index contributed by atoms with van der Waals surface area (Å²) >= 11 is 0. The number of fused-ring (bicyclic) bond motifs is 3. The molecule has 0 radical (unpaired) electrons. The van der Waals surface area contributed by atoms with Crippen molar-refractivity contribution < 1.29 is 56.8 Å². The van der Waals surface area contributed by atoms with Gasteiger partial charge in [0, 0.05) is 52.6 Å². The number of piperidine rings is 1. The number of aliphatic hydroxyl groups is 1. The fraction of sp³-hybridized carbons (Fsp3) is 0.855. The third kappa shape index (κ3) is 14.6. The number of nitrogens with zero attached hydrogens (tertiary/aromatic N) is 1. The number of amides is 1. The minimum absolute atomic E-state index is 0.0306. The molecular formula is C55H97NO12Si2. The van der Waals surface area contributed by atoms with E-state index in [-0.39, 0.29) is 65.2 Å². The zero-order valence-corrected chi connectivity index (χ0v) is 49.0. The third-order valence-corrected chi connectivity index (χ3v) is 26.3. The second-order valence-corrected chi connectivity index (χ2v) is 34.4. The predicted octanol–water partition coefficient (Wildman–Crippen LogP) is 10.3. The first kappa shape index (κ1) is 60.5. The summed E-state index contributed by atoms with van der Waals surface area (Å²) in [5, 5.41) is 11.6. The highest BCUT2D eigenvalue weighted by atomic mass is 28.4. The zero-order valence-electron chi connectivity index (χ0n) is 47.0. The van der Waals surface area contributed by atoms with Crippen LogP contribution in [0, 0.1) is 23.7 Å². The molecule has 0 spiro atoms. The summed E-state index contributed by atoms with van der Waals surface area (Å²) < 4.78 is 45.5. The Morgan fingerprint density at radius 2 is 1.41 bits per heavy atom. The Morgan fingerprint density at radius 1 is 0.829 bits per heavy atom. The molecular weight excluding hydrogens is 923 g/mol. The Morgan fingerprint density at radius 3 is 1.97 bits per heavy atom. The molecule has 1 saturated carbocycles. The average Bonchev–Trinajstić information content (AvgIpc) is 3.64. The van der Waals surface area contributed by atoms with E-state index in [0.717, 1.165) is 30.4 Å². The highest BCUT2D eigenvalue weighted by Gasteiger charge is 2.55. The molecule has 70 heavy (non-hydrogen) atoms. The number of aliphatic hydroxyl groups excluding tert-OH is 1. The largest absolute Gasteiger partial charge is 0.456 e. The number of methoxy groups -OCH3 is 3. The maximum atomic E-state index is 15.0. The Balaban J connectivity index is 1.85. The molecule has 0 aromatic heterocycles. The van der Waals surface area contributed by atoms with E-state index in [4.69, 9.17) is 32.5 Å². The minimum Gasteiger partial charge on any atom is -0.456 e. The van der Waals surface area contributed by atoms with E-state index in [2.05, 4.69) is 93.7 Å². The van der Waals surface area contributed by atoms with Crippen LogP contribution in [0.15, 0.2) is 23.3 Å². The first-order valence-corrected chi connectivity index (χ1v) is 32.4. The standard InChI is InChI=1S/C55H97NO12Si2/c1-20-39-28-34(2)27-35(3)29-45(63-14)49-46(64-15)33-55(12,66-49)50(59)47(58)51(60)56-26-22-21-23-40(56)52(61)65-48(37(5)43(32-41(39)57)68-70(18,19)54(9,10)11)36(4)30-38-24-25-42(44(31-38)62-13)67-69(16,17)53(6,7)8/h28,30,35,37-40,42-49,58H,20-27,29,31-33H2,1-19H3/b34-28+,36-30+/t35-,37-,38?,39+,40-,42+,43?,44+,45?,46-,47+,48?,49+,55+/m0/s1. The Kier molecular flexibility index (Phi) is 21.2. The molecule has 1 N–H and O–H groups in total. The van der Waals surface area contributed by atoms with E-state index in [9.17, 15) is 24.3 Å². The highest BCUT2D eigenvalue weighted by molar-refractivity contribution is 6.74. The molecule has 1 aliphatic carbocycles. The van der Waals surface area contributed by atoms with Crippen molar-refractivity contribution in [2.75, 3.05) is 27.9 Å². The number of ketones is 2. The lowest BCUT2D eigenvalue weighted by Gasteiger charge is -2.44. The van der Waals surface area contributed by atoms with Gasteiger partial charge >= 0.3 is 5.97 Å². The summed E-state index contributed by atoms with van der Waals surface area (Å²) in [5.74, 6) is -2.83. The quantitative estimate of drug-likeness (QED) is 0.0958. The van der Waals surface area contributed by atoms with Crippen molar-refractivity contribution in [2.45, 2.75) is 250 Å². The lowest BCUT2D eigenvalue weighted by atomic mass is 9.81. The van der Waals surface area contributed by atoms with E-state index in [1.165, 1.54) is 4.90 Å². The van der Waals surface area contributed by atoms with Crippen molar-refractivity contribution >= 4 is 40.1 Å². The normalized spacial score (nSPS) is 36.7. The molecule has 15 heteroatoms. The summed E-state index contributed by atoms with van der Waals surface area (Å²) in [5.41, 5.74) is 0.352. The van der Waals surface area contributed by atoms with Gasteiger partial charge in [-0.1, -0.05) is 80.0 Å². The van der Waals surface area contributed by atoms with Gasteiger partial charge < -0.3 is 42.5 Å². The van der Waals surface area contributed by atoms with Crippen molar-refractivity contribution in [1.82, 2.24) is 4.90 Å². The predicted molar refractivity (Wildman–Crippen MR) is 280 cm³/mol. The van der Waals surface area contributed by atoms with Gasteiger partial charge in [0.25, 0.3) is 5.91 Å². The first-order valence-electron chi connectivity index (χ1n) is 26.6. The monoisotopic (exact) mass is 1020 g/mol. The number of Topliss-reactive ketones (excluding diaryl/α,β-unsaturated/α-hetero) is 2. The topological polar surface area (TPSA) is 156 Å². The Labute approximate surface area is 425 Å². The van der Waals surface area contributed by atoms with Crippen LogP contribution in [0.3, 0.4) is 0 Å². The van der Waals surface area contributed by atoms with E-state index in [1.807, 2.05) is 20.8 Å². The van der Waals surface area contributed by atoms with Gasteiger partial charge in [-0.25, -0.2) is 4.79 Å². The van der Waals surface area contributed by atoms with Crippen molar-refractivity contribution in [3.05, 3.63) is 23.3 Å². The SMILES string of the molecule is CC[C@@H]1/C=C(\C)C[C@H](C)CC(OC)[C@H]2O[C@](C)(C[C@@H]2OC)C(=O)[C@@H](O)C(=O)N2CCCC[C@H]2C(=O)OC(/C(C)=C/C2CC[C@@H](O[Si](C)(C)C(C)(C)C)[C@H](OC)C2)[C@@H](C)C(O[Si](C)(C)C(C)(C)C)CC1=O. The number of carbonyl (C=O) groups excluding carboxylic acids is 4. The van der Waals surface area contributed by atoms with Gasteiger partial charge in [0.05, 0.1) is 30.5 Å². The first-order chi connectivity index (χ1) is 32.3. The fourth-order valence-corrected chi connectivity index (χ4v) is 13.6. The number of hydrogen-bond acceptors (Lipinski definition) is 12. The number of carbonyl (C=O) groups is 4. The van der Waals surface area contributed by atoms with Gasteiger partial charge in [-0.2, -0.15) is 0 Å². The summed E-state index contributed by atoms with van der Waals surface area (Å²) in [7, 11) is 0.302. The summed E-state index contributed by atoms with van der Waals surface area (Å²) in [6, 6.07) is -1.06. The van der Waals surface area contributed by atoms with Crippen LogP contribution >= 0.6 is 0 Å². The zero-order chi connectivity index (χ0) is 52.9. The van der Waals surface area contributed by atoms with Gasteiger partial charge in [-0.3, -0.25) is 14.4 Å². The fourth-order valence-electron chi connectivity index (χ4n) is 10.8. The molecule has 3 fully saturated rings. The average molecular weight is 1020 g/mol. The minimum atomic E-state index is -2.53. The van der Waals surface area contributed by atoms with E-state index in [0.29, 0.717) is 38.5 Å². The van der Waals surface area contributed by atoms with Crippen molar-refractivity contribution in [3.8, 4) is 0 Å². The van der Waals surface area contributed by atoms with Gasteiger partial charge in [-0.05, 0) is 132 Å². The number of rotatable bonds is 10. The number of cyclic esters (lactones) is 1. The molecule has 1 amide bonds. The smallest absolute Gasteiger partial charge is 0.329 e. The number of esters is 1. The summed E-state index contributed by atoms with van der Waals surface area (Å²) in [6.07, 6.45) is 5.03. The summed E-state index contributed by atoms with van der Waals surface area (Å²) in [6.45, 7) is 34.2. The van der Waals surface area contributed by atoms with E-state index < -0.39 is 88.5 Å². The number of allylic oxidation sites excluding steroid dienone is 3. The number of ether oxygens (including phenoxy) is 5. The molecule has 3 heterocycles. The van der Waals surface area contributed by atoms with Gasteiger partial charge in [-0.15, -0.1) is 0 Å². The Bertz CT molecular complexity index is 1850. The van der Waals surface area contributed by atoms with E-state index >= 15 is 0 Å². The molecule has 13 nitrogen and oxygen atoms in total. The molecule has 4 aliphatic rings. The maximum Gasteiger partial charge on any atom is 0.329 e. The molecule has 3 aliphatic heterocycles. The van der Waals surface area contributed by atoms with Crippen molar-refractivity contribution in [2.24, 2.45) is 23.7 Å². The lowest BCUT2D eigenvalue weighted by molar-refractivity contribution is -0.172. The van der Waals surface area contributed by atoms with Crippen LogP contribution < -0.4 is 0 Å². The molecule has 4 unspecified atom stereocenters. The van der Waals surface area contributed by atoms with Gasteiger partial charge in [0.15, 0.2) is 22.7 Å². The maximum absolute atomic E-state index is 15.0. The van der Waals surface area contributed by atoms with Crippen LogP contribution in [-0.2, 0) is 51.7 Å². The summed E-state index contributed by atoms with van der Waals surface area (Å²) in [4.78, 5) is 59.9. The van der Waals surface area contributed by atoms with Crippen molar-refractivity contribution in [3.63, 3.8) is 0 Å². The Hall–Kier alpha value is -2.09. The molecule has 0 aromatic carbocycles. The third-order valence-electron chi connectivity index (χ3n) is 17.3. The molecule has 402 valence electrons. The van der Waals surface area contributed by atoms with Gasteiger partial charge in [0.1, 0.15) is 29.6 Å². The lowest BCUT2D eigenvalue weighted by Crippen LogP contribution is -2.57. The van der Waals surface area contributed by atoms with Crippen molar-refractivity contribution in [1.29, 1.82) is 0 Å². The van der Waals surface area contributed by atoms with Crippen LogP contribution in [0.5, 0.6) is 0 Å². The van der Waals surface area contributed by atoms with Crippen LogP contribution in [0.4, 0.5) is 0 Å².